The molecule has 0 radical (unpaired) electrons. The quantitative estimate of drug-likeness (QED) is 0.838. The van der Waals surface area contributed by atoms with Crippen LogP contribution in [0.3, 0.4) is 0 Å². The van der Waals surface area contributed by atoms with Crippen molar-refractivity contribution in [3.63, 3.8) is 0 Å². The molecule has 0 bridgehead atoms. The van der Waals surface area contributed by atoms with Gasteiger partial charge in [-0.05, 0) is 50.6 Å². The Morgan fingerprint density at radius 2 is 2.21 bits per heavy atom. The van der Waals surface area contributed by atoms with Gasteiger partial charge in [0.25, 0.3) is 0 Å². The highest BCUT2D eigenvalue weighted by Gasteiger charge is 2.06. The largest absolute Gasteiger partial charge is 0.494 e. The lowest BCUT2D eigenvalue weighted by molar-refractivity contribution is 0.338. The van der Waals surface area contributed by atoms with Gasteiger partial charge in [-0.2, -0.15) is 0 Å². The molecule has 1 heterocycles. The van der Waals surface area contributed by atoms with Gasteiger partial charge in [-0.1, -0.05) is 0 Å². The average molecular weight is 259 g/mol. The Hall–Kier alpha value is -1.81. The minimum Gasteiger partial charge on any atom is -0.494 e. The third-order valence-electron chi connectivity index (χ3n) is 3.03. The Balaban J connectivity index is 2.17. The van der Waals surface area contributed by atoms with Gasteiger partial charge < -0.3 is 15.5 Å². The van der Waals surface area contributed by atoms with E-state index in [2.05, 4.69) is 29.0 Å². The number of aromatic nitrogens is 2. The summed E-state index contributed by atoms with van der Waals surface area (Å²) in [6.07, 6.45) is 3.72. The predicted octanol–water partition coefficient (Wildman–Crippen LogP) is 2.68. The summed E-state index contributed by atoms with van der Waals surface area (Å²) in [6.45, 7) is 5.43. The minimum atomic E-state index is 0.688. The van der Waals surface area contributed by atoms with Crippen LogP contribution in [0, 0.1) is 6.92 Å². The van der Waals surface area contributed by atoms with Gasteiger partial charge in [0, 0.05) is 12.0 Å². The minimum absolute atomic E-state index is 0.688. The first-order chi connectivity index (χ1) is 9.24. The molecule has 0 saturated heterocycles. The van der Waals surface area contributed by atoms with Crippen molar-refractivity contribution in [2.75, 3.05) is 13.2 Å². The highest BCUT2D eigenvalue weighted by Crippen LogP contribution is 2.25. The molecule has 0 fully saturated rings. The summed E-state index contributed by atoms with van der Waals surface area (Å²) < 4.78 is 5.55. The van der Waals surface area contributed by atoms with E-state index in [0.29, 0.717) is 13.2 Å². The zero-order chi connectivity index (χ0) is 13.7. The number of nitrogens with one attached hydrogen (secondary N) is 1. The summed E-state index contributed by atoms with van der Waals surface area (Å²) in [6, 6.07) is 6.18. The van der Waals surface area contributed by atoms with E-state index in [1.807, 2.05) is 19.2 Å². The highest BCUT2D eigenvalue weighted by atomic mass is 16.5. The zero-order valence-corrected chi connectivity index (χ0v) is 11.6. The molecule has 4 heteroatoms. The number of hydrogen-bond acceptors (Lipinski definition) is 3. The fourth-order valence-corrected chi connectivity index (χ4v) is 2.04. The molecular formula is C15H21N3O. The van der Waals surface area contributed by atoms with Crippen molar-refractivity contribution >= 4 is 0 Å². The topological polar surface area (TPSA) is 63.9 Å². The number of nitrogens with two attached hydrogens (primary N) is 1. The number of nitrogens with zero attached hydrogens (tertiary/aromatic N) is 1. The number of rotatable bonds is 6. The Bertz CT molecular complexity index is 534. The molecule has 0 aliphatic carbocycles. The van der Waals surface area contributed by atoms with Gasteiger partial charge in [-0.3, -0.25) is 0 Å². The second-order valence-electron chi connectivity index (χ2n) is 4.55. The van der Waals surface area contributed by atoms with Crippen molar-refractivity contribution in [1.82, 2.24) is 9.97 Å². The number of H-pyrrole nitrogens is 1. The predicted molar refractivity (Wildman–Crippen MR) is 77.3 cm³/mol. The molecule has 0 unspecified atom stereocenters. The first-order valence-electron chi connectivity index (χ1n) is 6.72. The van der Waals surface area contributed by atoms with Gasteiger partial charge in [-0.25, -0.2) is 4.98 Å². The SMILES string of the molecule is CCOc1ccc(-c2cnc(CCCN)[nH]2)cc1C. The van der Waals surface area contributed by atoms with Crippen LogP contribution < -0.4 is 10.5 Å². The third kappa shape index (κ3) is 3.35. The maximum absolute atomic E-state index is 5.55. The molecule has 1 aromatic heterocycles. The zero-order valence-electron chi connectivity index (χ0n) is 11.6. The fourth-order valence-electron chi connectivity index (χ4n) is 2.04. The summed E-state index contributed by atoms with van der Waals surface area (Å²) >= 11 is 0. The fraction of sp³-hybridized carbons (Fsp3) is 0.400. The molecule has 2 aromatic rings. The van der Waals surface area contributed by atoms with Crippen LogP contribution in [-0.2, 0) is 6.42 Å². The highest BCUT2D eigenvalue weighted by molar-refractivity contribution is 5.61. The van der Waals surface area contributed by atoms with Crippen molar-refractivity contribution in [2.45, 2.75) is 26.7 Å². The van der Waals surface area contributed by atoms with Crippen LogP contribution in [0.2, 0.25) is 0 Å². The Morgan fingerprint density at radius 1 is 1.37 bits per heavy atom. The van der Waals surface area contributed by atoms with Gasteiger partial charge in [0.15, 0.2) is 0 Å². The van der Waals surface area contributed by atoms with Gasteiger partial charge >= 0.3 is 0 Å². The standard InChI is InChI=1S/C15H21N3O/c1-3-19-14-7-6-12(9-11(14)2)13-10-17-15(18-13)5-4-8-16/h6-7,9-10H,3-5,8,16H2,1-2H3,(H,17,18). The number of imidazole rings is 1. The second kappa shape index (κ2) is 6.38. The molecule has 0 aliphatic heterocycles. The van der Waals surface area contributed by atoms with E-state index in [4.69, 9.17) is 10.5 Å². The summed E-state index contributed by atoms with van der Waals surface area (Å²) in [7, 11) is 0. The van der Waals surface area contributed by atoms with Crippen LogP contribution in [-0.4, -0.2) is 23.1 Å². The van der Waals surface area contributed by atoms with E-state index < -0.39 is 0 Å². The monoisotopic (exact) mass is 259 g/mol. The first kappa shape index (κ1) is 13.6. The maximum atomic E-state index is 5.55. The van der Waals surface area contributed by atoms with Crippen molar-refractivity contribution in [3.8, 4) is 17.0 Å². The number of ether oxygens (including phenoxy) is 1. The van der Waals surface area contributed by atoms with Crippen LogP contribution >= 0.6 is 0 Å². The lowest BCUT2D eigenvalue weighted by Gasteiger charge is -2.08. The molecule has 3 N–H and O–H groups in total. The molecule has 0 atom stereocenters. The van der Waals surface area contributed by atoms with Crippen LogP contribution in [0.25, 0.3) is 11.3 Å². The smallest absolute Gasteiger partial charge is 0.122 e. The molecule has 0 saturated carbocycles. The number of hydrogen-bond donors (Lipinski definition) is 2. The van der Waals surface area contributed by atoms with Crippen LogP contribution in [0.5, 0.6) is 5.75 Å². The van der Waals surface area contributed by atoms with E-state index in [1.165, 1.54) is 0 Å². The van der Waals surface area contributed by atoms with Gasteiger partial charge in [0.1, 0.15) is 11.6 Å². The first-order valence-corrected chi connectivity index (χ1v) is 6.72. The Morgan fingerprint density at radius 3 is 2.89 bits per heavy atom. The normalized spacial score (nSPS) is 10.7. The third-order valence-corrected chi connectivity index (χ3v) is 3.03. The van der Waals surface area contributed by atoms with E-state index in [0.717, 1.165) is 41.2 Å². The number of benzene rings is 1. The maximum Gasteiger partial charge on any atom is 0.122 e. The summed E-state index contributed by atoms with van der Waals surface area (Å²) in [5, 5.41) is 0. The molecule has 0 aliphatic rings. The van der Waals surface area contributed by atoms with Gasteiger partial charge in [0.2, 0.25) is 0 Å². The lowest BCUT2D eigenvalue weighted by Crippen LogP contribution is -2.01. The van der Waals surface area contributed by atoms with E-state index in [9.17, 15) is 0 Å². The Labute approximate surface area is 114 Å². The van der Waals surface area contributed by atoms with Crippen LogP contribution in [0.15, 0.2) is 24.4 Å². The Kier molecular flexibility index (Phi) is 4.58. The molecule has 4 nitrogen and oxygen atoms in total. The second-order valence-corrected chi connectivity index (χ2v) is 4.55. The van der Waals surface area contributed by atoms with Crippen LogP contribution in [0.4, 0.5) is 0 Å². The molecule has 102 valence electrons. The summed E-state index contributed by atoms with van der Waals surface area (Å²) in [5.41, 5.74) is 8.81. The van der Waals surface area contributed by atoms with Gasteiger partial charge in [-0.15, -0.1) is 0 Å². The molecule has 0 spiro atoms. The van der Waals surface area contributed by atoms with Crippen molar-refractivity contribution in [3.05, 3.63) is 35.8 Å². The van der Waals surface area contributed by atoms with E-state index >= 15 is 0 Å². The van der Waals surface area contributed by atoms with Crippen LogP contribution in [0.1, 0.15) is 24.7 Å². The summed E-state index contributed by atoms with van der Waals surface area (Å²) in [4.78, 5) is 7.71. The molecule has 2 rings (SSSR count). The number of aryl methyl sites for hydroxylation is 2. The summed E-state index contributed by atoms with van der Waals surface area (Å²) in [5.74, 6) is 1.93. The molecule has 19 heavy (non-hydrogen) atoms. The van der Waals surface area contributed by atoms with Crippen molar-refractivity contribution < 1.29 is 4.74 Å². The van der Waals surface area contributed by atoms with Gasteiger partial charge in [0.05, 0.1) is 18.5 Å². The molecular weight excluding hydrogens is 238 g/mol. The van der Waals surface area contributed by atoms with E-state index in [1.54, 1.807) is 0 Å². The van der Waals surface area contributed by atoms with Crippen molar-refractivity contribution in [1.29, 1.82) is 0 Å². The molecule has 1 aromatic carbocycles. The van der Waals surface area contributed by atoms with E-state index in [-0.39, 0.29) is 0 Å². The average Bonchev–Trinajstić information content (AvgIpc) is 2.88. The van der Waals surface area contributed by atoms with Crippen molar-refractivity contribution in [2.24, 2.45) is 5.73 Å². The molecule has 0 amide bonds. The lowest BCUT2D eigenvalue weighted by atomic mass is 10.1. The number of aromatic amines is 1.